The number of aromatic nitrogens is 3. The van der Waals surface area contributed by atoms with Gasteiger partial charge in [0.15, 0.2) is 5.16 Å². The Morgan fingerprint density at radius 3 is 2.86 bits per heavy atom. The number of rotatable bonds is 4. The van der Waals surface area contributed by atoms with E-state index < -0.39 is 0 Å². The maximum absolute atomic E-state index is 11.9. The van der Waals surface area contributed by atoms with Crippen molar-refractivity contribution in [1.29, 1.82) is 0 Å². The van der Waals surface area contributed by atoms with Crippen molar-refractivity contribution in [3.63, 3.8) is 0 Å². The Morgan fingerprint density at radius 2 is 2.24 bits per heavy atom. The average Bonchev–Trinajstić information content (AvgIpc) is 2.77. The van der Waals surface area contributed by atoms with Crippen molar-refractivity contribution < 1.29 is 4.79 Å². The van der Waals surface area contributed by atoms with E-state index in [9.17, 15) is 4.79 Å². The fourth-order valence-corrected chi connectivity index (χ4v) is 3.18. The number of thioether (sulfide) groups is 1. The summed E-state index contributed by atoms with van der Waals surface area (Å²) < 4.78 is 2.02. The van der Waals surface area contributed by atoms with Crippen molar-refractivity contribution in [2.45, 2.75) is 50.2 Å². The number of amides is 1. The highest BCUT2D eigenvalue weighted by atomic mass is 32.2. The Balaban J connectivity index is 1.92. The molecule has 0 spiro atoms. The minimum atomic E-state index is -0.198. The lowest BCUT2D eigenvalue weighted by atomic mass is 9.99. The van der Waals surface area contributed by atoms with Crippen molar-refractivity contribution in [2.75, 3.05) is 18.8 Å². The summed E-state index contributed by atoms with van der Waals surface area (Å²) in [6.07, 6.45) is 2.32. The first-order valence-corrected chi connectivity index (χ1v) is 8.39. The van der Waals surface area contributed by atoms with Crippen LogP contribution in [0.25, 0.3) is 0 Å². The topological polar surface area (TPSA) is 71.8 Å². The van der Waals surface area contributed by atoms with E-state index in [2.05, 4.69) is 20.8 Å². The maximum atomic E-state index is 11.9. The molecule has 6 nitrogen and oxygen atoms in total. The monoisotopic (exact) mass is 311 g/mol. The van der Waals surface area contributed by atoms with Crippen LogP contribution in [0.4, 0.5) is 0 Å². The molecule has 1 aliphatic heterocycles. The van der Waals surface area contributed by atoms with Gasteiger partial charge in [0.05, 0.1) is 5.75 Å². The summed E-state index contributed by atoms with van der Waals surface area (Å²) in [6, 6.07) is 0. The predicted molar refractivity (Wildman–Crippen MR) is 84.5 cm³/mol. The quantitative estimate of drug-likeness (QED) is 0.820. The van der Waals surface area contributed by atoms with Gasteiger partial charge in [-0.15, -0.1) is 10.2 Å². The lowest BCUT2D eigenvalue weighted by Gasteiger charge is -2.22. The first kappa shape index (κ1) is 16.3. The second kappa shape index (κ2) is 6.79. The first-order valence-electron chi connectivity index (χ1n) is 7.40. The SMILES string of the molecule is Cn1c(SCC(=O)NC(C)(C)C)nnc1C1CCCNC1. The summed E-state index contributed by atoms with van der Waals surface area (Å²) in [7, 11) is 1.98. The molecule has 0 bridgehead atoms. The molecule has 1 unspecified atom stereocenters. The molecule has 1 aromatic rings. The molecule has 0 radical (unpaired) electrons. The molecule has 0 aromatic carbocycles. The Hall–Kier alpha value is -1.08. The van der Waals surface area contributed by atoms with Crippen LogP contribution in [0, 0.1) is 0 Å². The predicted octanol–water partition coefficient (Wildman–Crippen LogP) is 1.29. The van der Waals surface area contributed by atoms with Gasteiger partial charge in [-0.25, -0.2) is 0 Å². The van der Waals surface area contributed by atoms with Crippen molar-refractivity contribution >= 4 is 17.7 Å². The third-order valence-corrected chi connectivity index (χ3v) is 4.40. The van der Waals surface area contributed by atoms with Crippen molar-refractivity contribution in [2.24, 2.45) is 7.05 Å². The van der Waals surface area contributed by atoms with E-state index in [4.69, 9.17) is 0 Å². The van der Waals surface area contributed by atoms with Gasteiger partial charge < -0.3 is 15.2 Å². The molecule has 2 N–H and O–H groups in total. The Bertz CT molecular complexity index is 488. The highest BCUT2D eigenvalue weighted by Crippen LogP contribution is 2.24. The van der Waals surface area contributed by atoms with Crippen molar-refractivity contribution in [1.82, 2.24) is 25.4 Å². The van der Waals surface area contributed by atoms with Crippen LogP contribution >= 0.6 is 11.8 Å². The molecular weight excluding hydrogens is 286 g/mol. The molecule has 2 heterocycles. The van der Waals surface area contributed by atoms with Gasteiger partial charge in [0.1, 0.15) is 5.82 Å². The molecule has 1 saturated heterocycles. The maximum Gasteiger partial charge on any atom is 0.230 e. The summed E-state index contributed by atoms with van der Waals surface area (Å²) in [5.41, 5.74) is -0.198. The summed E-state index contributed by atoms with van der Waals surface area (Å²) in [6.45, 7) is 7.98. The number of hydrogen-bond donors (Lipinski definition) is 2. The Kier molecular flexibility index (Phi) is 5.27. The van der Waals surface area contributed by atoms with E-state index in [0.717, 1.165) is 30.5 Å². The van der Waals surface area contributed by atoms with Gasteiger partial charge in [0.2, 0.25) is 5.91 Å². The molecule has 7 heteroatoms. The Labute approximate surface area is 130 Å². The molecule has 1 aromatic heterocycles. The minimum Gasteiger partial charge on any atom is -0.351 e. The van der Waals surface area contributed by atoms with E-state index in [1.807, 2.05) is 32.4 Å². The fourth-order valence-electron chi connectivity index (χ4n) is 2.46. The van der Waals surface area contributed by atoms with Crippen molar-refractivity contribution in [3.05, 3.63) is 5.82 Å². The van der Waals surface area contributed by atoms with Gasteiger partial charge in [-0.3, -0.25) is 4.79 Å². The molecule has 1 aliphatic rings. The van der Waals surface area contributed by atoms with Crippen LogP contribution in [0.3, 0.4) is 0 Å². The van der Waals surface area contributed by atoms with Crippen LogP contribution in [-0.2, 0) is 11.8 Å². The van der Waals surface area contributed by atoms with E-state index in [1.54, 1.807) is 0 Å². The van der Waals surface area contributed by atoms with Crippen LogP contribution in [0.1, 0.15) is 45.4 Å². The normalized spacial score (nSPS) is 19.5. The van der Waals surface area contributed by atoms with Crippen LogP contribution in [0.2, 0.25) is 0 Å². The highest BCUT2D eigenvalue weighted by Gasteiger charge is 2.22. The Morgan fingerprint density at radius 1 is 1.48 bits per heavy atom. The standard InChI is InChI=1S/C14H25N5OS/c1-14(2,3)16-11(20)9-21-13-18-17-12(19(13)4)10-6-5-7-15-8-10/h10,15H,5-9H2,1-4H3,(H,16,20). The molecule has 1 fully saturated rings. The summed E-state index contributed by atoms with van der Waals surface area (Å²) in [5.74, 6) is 1.83. The van der Waals surface area contributed by atoms with E-state index >= 15 is 0 Å². The fraction of sp³-hybridized carbons (Fsp3) is 0.786. The minimum absolute atomic E-state index is 0.0244. The largest absolute Gasteiger partial charge is 0.351 e. The van der Waals surface area contributed by atoms with E-state index in [-0.39, 0.29) is 11.4 Å². The summed E-state index contributed by atoms with van der Waals surface area (Å²) in [4.78, 5) is 11.9. The lowest BCUT2D eigenvalue weighted by molar-refractivity contribution is -0.119. The third kappa shape index (κ3) is 4.71. The van der Waals surface area contributed by atoms with Crippen LogP contribution in [0.5, 0.6) is 0 Å². The smallest absolute Gasteiger partial charge is 0.230 e. The number of nitrogens with one attached hydrogen (secondary N) is 2. The number of piperidine rings is 1. The first-order chi connectivity index (χ1) is 9.87. The van der Waals surface area contributed by atoms with Gasteiger partial charge in [-0.2, -0.15) is 0 Å². The zero-order valence-corrected chi connectivity index (χ0v) is 14.1. The van der Waals surface area contributed by atoms with Gasteiger partial charge in [0, 0.05) is 25.0 Å². The number of carbonyl (C=O) groups is 1. The van der Waals surface area contributed by atoms with Gasteiger partial charge in [-0.05, 0) is 40.2 Å². The second-order valence-electron chi connectivity index (χ2n) is 6.53. The molecule has 1 amide bonds. The second-order valence-corrected chi connectivity index (χ2v) is 7.47. The lowest BCUT2D eigenvalue weighted by Crippen LogP contribution is -2.41. The van der Waals surface area contributed by atoms with Gasteiger partial charge in [-0.1, -0.05) is 11.8 Å². The van der Waals surface area contributed by atoms with Crippen LogP contribution in [0.15, 0.2) is 5.16 Å². The third-order valence-electron chi connectivity index (χ3n) is 3.38. The zero-order chi connectivity index (χ0) is 15.5. The molecular formula is C14H25N5OS. The average molecular weight is 311 g/mol. The molecule has 118 valence electrons. The molecule has 0 saturated carbocycles. The van der Waals surface area contributed by atoms with Crippen LogP contribution in [-0.4, -0.2) is 45.1 Å². The molecule has 1 atom stereocenters. The number of carbonyl (C=O) groups excluding carboxylic acids is 1. The molecule has 0 aliphatic carbocycles. The van der Waals surface area contributed by atoms with E-state index in [0.29, 0.717) is 11.7 Å². The molecule has 2 rings (SSSR count). The summed E-state index contributed by atoms with van der Waals surface area (Å²) >= 11 is 1.44. The number of hydrogen-bond acceptors (Lipinski definition) is 5. The number of nitrogens with zero attached hydrogens (tertiary/aromatic N) is 3. The van der Waals surface area contributed by atoms with Crippen molar-refractivity contribution in [3.8, 4) is 0 Å². The molecule has 21 heavy (non-hydrogen) atoms. The van der Waals surface area contributed by atoms with Gasteiger partial charge >= 0.3 is 0 Å². The van der Waals surface area contributed by atoms with Gasteiger partial charge in [0.25, 0.3) is 0 Å². The zero-order valence-electron chi connectivity index (χ0n) is 13.3. The van der Waals surface area contributed by atoms with Crippen LogP contribution < -0.4 is 10.6 Å². The highest BCUT2D eigenvalue weighted by molar-refractivity contribution is 7.99. The van der Waals surface area contributed by atoms with E-state index in [1.165, 1.54) is 18.2 Å². The summed E-state index contributed by atoms with van der Waals surface area (Å²) in [5, 5.41) is 15.7.